The van der Waals surface area contributed by atoms with E-state index in [2.05, 4.69) is 24.3 Å². The van der Waals surface area contributed by atoms with E-state index in [0.717, 1.165) is 18.5 Å². The zero-order chi connectivity index (χ0) is 15.2. The zero-order valence-corrected chi connectivity index (χ0v) is 12.8. The van der Waals surface area contributed by atoms with Gasteiger partial charge in [-0.1, -0.05) is 0 Å². The van der Waals surface area contributed by atoms with Crippen molar-refractivity contribution in [1.82, 2.24) is 20.0 Å². The summed E-state index contributed by atoms with van der Waals surface area (Å²) < 4.78 is 1.86. The molecule has 0 radical (unpaired) electrons. The Morgan fingerprint density at radius 3 is 2.71 bits per heavy atom. The lowest BCUT2D eigenvalue weighted by molar-refractivity contribution is -0.150. The molecule has 2 amide bonds. The van der Waals surface area contributed by atoms with E-state index in [4.69, 9.17) is 0 Å². The van der Waals surface area contributed by atoms with Gasteiger partial charge in [-0.15, -0.1) is 0 Å². The molecule has 1 N–H and O–H groups in total. The highest BCUT2D eigenvalue weighted by Crippen LogP contribution is 2.41. The maximum absolute atomic E-state index is 12.7. The SMILES string of the molecule is CC(C)n1ccc(CN2CC(=O)NC(C)(C3CC3)C2=O)n1. The number of amides is 2. The Balaban J connectivity index is 1.77. The van der Waals surface area contributed by atoms with E-state index in [1.807, 2.05) is 23.9 Å². The molecule has 3 rings (SSSR count). The molecule has 1 aliphatic carbocycles. The minimum Gasteiger partial charge on any atom is -0.340 e. The molecule has 1 aromatic rings. The highest BCUT2D eigenvalue weighted by atomic mass is 16.2. The smallest absolute Gasteiger partial charge is 0.249 e. The van der Waals surface area contributed by atoms with Crippen LogP contribution in [0.25, 0.3) is 0 Å². The summed E-state index contributed by atoms with van der Waals surface area (Å²) in [5, 5.41) is 7.35. The third kappa shape index (κ3) is 2.54. The Hall–Kier alpha value is -1.85. The van der Waals surface area contributed by atoms with E-state index in [0.29, 0.717) is 6.54 Å². The van der Waals surface area contributed by atoms with Gasteiger partial charge in [-0.2, -0.15) is 5.10 Å². The molecule has 0 bridgehead atoms. The molecule has 1 unspecified atom stereocenters. The van der Waals surface area contributed by atoms with Crippen molar-refractivity contribution >= 4 is 11.8 Å². The summed E-state index contributed by atoms with van der Waals surface area (Å²) in [5.74, 6) is 0.223. The lowest BCUT2D eigenvalue weighted by Crippen LogP contribution is -2.66. The van der Waals surface area contributed by atoms with Crippen LogP contribution in [0.4, 0.5) is 0 Å². The zero-order valence-electron chi connectivity index (χ0n) is 12.8. The molecule has 114 valence electrons. The lowest BCUT2D eigenvalue weighted by Gasteiger charge is -2.39. The minimum absolute atomic E-state index is 0.0173. The maximum atomic E-state index is 12.7. The number of nitrogens with zero attached hydrogens (tertiary/aromatic N) is 3. The Kier molecular flexibility index (Phi) is 3.26. The fourth-order valence-electron chi connectivity index (χ4n) is 2.97. The van der Waals surface area contributed by atoms with Crippen molar-refractivity contribution in [2.75, 3.05) is 6.54 Å². The molecular weight excluding hydrogens is 268 g/mol. The van der Waals surface area contributed by atoms with Crippen LogP contribution in [0.3, 0.4) is 0 Å². The van der Waals surface area contributed by atoms with Crippen LogP contribution in [-0.4, -0.2) is 38.6 Å². The van der Waals surface area contributed by atoms with Gasteiger partial charge in [0.05, 0.1) is 12.2 Å². The van der Waals surface area contributed by atoms with Gasteiger partial charge in [-0.3, -0.25) is 14.3 Å². The molecule has 0 aromatic carbocycles. The molecule has 2 fully saturated rings. The van der Waals surface area contributed by atoms with Gasteiger partial charge in [0, 0.05) is 12.2 Å². The van der Waals surface area contributed by atoms with E-state index in [9.17, 15) is 9.59 Å². The van der Waals surface area contributed by atoms with Crippen molar-refractivity contribution in [1.29, 1.82) is 0 Å². The van der Waals surface area contributed by atoms with Crippen LogP contribution in [0.2, 0.25) is 0 Å². The number of hydrogen-bond acceptors (Lipinski definition) is 3. The molecule has 6 nitrogen and oxygen atoms in total. The molecule has 2 heterocycles. The Labute approximate surface area is 124 Å². The van der Waals surface area contributed by atoms with Crippen LogP contribution >= 0.6 is 0 Å². The van der Waals surface area contributed by atoms with Crippen molar-refractivity contribution in [2.45, 2.75) is 51.7 Å². The van der Waals surface area contributed by atoms with E-state index < -0.39 is 5.54 Å². The topological polar surface area (TPSA) is 67.2 Å². The third-order valence-electron chi connectivity index (χ3n) is 4.40. The molecule has 1 atom stereocenters. The Morgan fingerprint density at radius 1 is 1.43 bits per heavy atom. The minimum atomic E-state index is -0.726. The third-order valence-corrected chi connectivity index (χ3v) is 4.40. The van der Waals surface area contributed by atoms with Crippen LogP contribution < -0.4 is 5.32 Å². The number of carbonyl (C=O) groups excluding carboxylic acids is 2. The second-order valence-electron chi connectivity index (χ2n) is 6.57. The summed E-state index contributed by atoms with van der Waals surface area (Å²) in [4.78, 5) is 26.3. The van der Waals surface area contributed by atoms with Gasteiger partial charge in [0.15, 0.2) is 0 Å². The summed E-state index contributed by atoms with van der Waals surface area (Å²) in [7, 11) is 0. The average Bonchev–Trinajstić information content (AvgIpc) is 3.16. The molecule has 1 aliphatic heterocycles. The van der Waals surface area contributed by atoms with Crippen molar-refractivity contribution in [2.24, 2.45) is 5.92 Å². The van der Waals surface area contributed by atoms with Gasteiger partial charge in [0.2, 0.25) is 11.8 Å². The second kappa shape index (κ2) is 4.86. The van der Waals surface area contributed by atoms with Gasteiger partial charge >= 0.3 is 0 Å². The van der Waals surface area contributed by atoms with Crippen molar-refractivity contribution < 1.29 is 9.59 Å². The number of rotatable bonds is 4. The van der Waals surface area contributed by atoms with Crippen molar-refractivity contribution in [3.05, 3.63) is 18.0 Å². The monoisotopic (exact) mass is 290 g/mol. The maximum Gasteiger partial charge on any atom is 0.249 e. The van der Waals surface area contributed by atoms with Gasteiger partial charge in [0.25, 0.3) is 0 Å². The molecule has 0 spiro atoms. The van der Waals surface area contributed by atoms with Crippen LogP contribution in [0, 0.1) is 5.92 Å². The molecule has 6 heteroatoms. The van der Waals surface area contributed by atoms with Gasteiger partial charge < -0.3 is 10.2 Å². The highest BCUT2D eigenvalue weighted by molar-refractivity contribution is 5.98. The predicted octanol–water partition coefficient (Wildman–Crippen LogP) is 1.09. The largest absolute Gasteiger partial charge is 0.340 e. The molecule has 2 aliphatic rings. The molecule has 1 saturated heterocycles. The normalized spacial score (nSPS) is 26.4. The van der Waals surface area contributed by atoms with Crippen LogP contribution in [0.5, 0.6) is 0 Å². The summed E-state index contributed by atoms with van der Waals surface area (Å²) >= 11 is 0. The molecule has 1 saturated carbocycles. The first kappa shape index (κ1) is 14.1. The van der Waals surface area contributed by atoms with Gasteiger partial charge in [-0.25, -0.2) is 0 Å². The Morgan fingerprint density at radius 2 is 2.14 bits per heavy atom. The number of piperazine rings is 1. The first-order chi connectivity index (χ1) is 9.90. The highest BCUT2D eigenvalue weighted by Gasteiger charge is 2.52. The van der Waals surface area contributed by atoms with Crippen molar-refractivity contribution in [3.8, 4) is 0 Å². The fraction of sp³-hybridized carbons (Fsp3) is 0.667. The van der Waals surface area contributed by atoms with Crippen LogP contribution in [-0.2, 0) is 16.1 Å². The number of aromatic nitrogens is 2. The van der Waals surface area contributed by atoms with E-state index in [1.165, 1.54) is 0 Å². The quantitative estimate of drug-likeness (QED) is 0.902. The van der Waals surface area contributed by atoms with E-state index >= 15 is 0 Å². The Bertz CT molecular complexity index is 576. The molecular formula is C15H22N4O2. The predicted molar refractivity (Wildman–Crippen MR) is 77.3 cm³/mol. The fourth-order valence-corrected chi connectivity index (χ4v) is 2.97. The van der Waals surface area contributed by atoms with E-state index in [1.54, 1.807) is 4.90 Å². The summed E-state index contributed by atoms with van der Waals surface area (Å²) in [6, 6.07) is 2.20. The van der Waals surface area contributed by atoms with Crippen molar-refractivity contribution in [3.63, 3.8) is 0 Å². The van der Waals surface area contributed by atoms with Gasteiger partial charge in [0.1, 0.15) is 12.1 Å². The lowest BCUT2D eigenvalue weighted by atomic mass is 9.91. The van der Waals surface area contributed by atoms with Gasteiger partial charge in [-0.05, 0) is 45.6 Å². The van der Waals surface area contributed by atoms with Crippen LogP contribution in [0.15, 0.2) is 12.3 Å². The number of carbonyl (C=O) groups is 2. The first-order valence-corrected chi connectivity index (χ1v) is 7.54. The second-order valence-corrected chi connectivity index (χ2v) is 6.57. The summed E-state index contributed by atoms with van der Waals surface area (Å²) in [6.07, 6.45) is 3.94. The first-order valence-electron chi connectivity index (χ1n) is 7.54. The van der Waals surface area contributed by atoms with Crippen LogP contribution in [0.1, 0.15) is 45.3 Å². The number of nitrogens with one attached hydrogen (secondary N) is 1. The standard InChI is InChI=1S/C15H22N4O2/c1-10(2)19-7-6-12(17-19)8-18-9-13(20)16-15(3,14(18)21)11-4-5-11/h6-7,10-11H,4-5,8-9H2,1-3H3,(H,16,20). The molecule has 1 aromatic heterocycles. The molecule has 21 heavy (non-hydrogen) atoms. The summed E-state index contributed by atoms with van der Waals surface area (Å²) in [6.45, 7) is 6.48. The average molecular weight is 290 g/mol. The summed E-state index contributed by atoms with van der Waals surface area (Å²) in [5.41, 5.74) is 0.0977. The number of hydrogen-bond donors (Lipinski definition) is 1. The van der Waals surface area contributed by atoms with E-state index in [-0.39, 0.29) is 30.3 Å².